The maximum atomic E-state index is 9.16. The maximum absolute atomic E-state index is 9.16. The number of nitrogens with zero attached hydrogens (tertiary/aromatic N) is 3. The number of nitrogens with two attached hydrogens (primary N) is 1. The van der Waals surface area contributed by atoms with Crippen molar-refractivity contribution in [3.63, 3.8) is 0 Å². The Morgan fingerprint density at radius 2 is 2.40 bits per heavy atom. The second kappa shape index (κ2) is 4.59. The molecule has 1 aliphatic rings. The van der Waals surface area contributed by atoms with Gasteiger partial charge in [-0.3, -0.25) is 0 Å². The zero-order valence-corrected chi connectivity index (χ0v) is 8.59. The molecule has 84 valence electrons. The van der Waals surface area contributed by atoms with Gasteiger partial charge in [0.2, 0.25) is 5.89 Å². The monoisotopic (exact) mass is 212 g/mol. The van der Waals surface area contributed by atoms with E-state index in [2.05, 4.69) is 10.2 Å². The largest absolute Gasteiger partial charge is 0.408 e. The Labute approximate surface area is 88.1 Å². The first-order valence-electron chi connectivity index (χ1n) is 5.25. The van der Waals surface area contributed by atoms with Crippen molar-refractivity contribution in [1.82, 2.24) is 10.2 Å². The predicted molar refractivity (Wildman–Crippen MR) is 54.5 cm³/mol. The van der Waals surface area contributed by atoms with Crippen molar-refractivity contribution in [1.29, 1.82) is 0 Å². The van der Waals surface area contributed by atoms with Crippen LogP contribution >= 0.6 is 0 Å². The lowest BCUT2D eigenvalue weighted by Crippen LogP contribution is -2.32. The van der Waals surface area contributed by atoms with Crippen LogP contribution in [0.15, 0.2) is 4.42 Å². The molecule has 6 nitrogen and oxygen atoms in total. The van der Waals surface area contributed by atoms with Gasteiger partial charge in [0.1, 0.15) is 0 Å². The van der Waals surface area contributed by atoms with Gasteiger partial charge in [-0.05, 0) is 12.8 Å². The van der Waals surface area contributed by atoms with E-state index >= 15 is 0 Å². The third-order valence-electron chi connectivity index (χ3n) is 2.65. The van der Waals surface area contributed by atoms with Gasteiger partial charge >= 0.3 is 6.01 Å². The van der Waals surface area contributed by atoms with Gasteiger partial charge in [-0.25, -0.2) is 0 Å². The molecule has 1 aromatic rings. The van der Waals surface area contributed by atoms with Crippen molar-refractivity contribution < 1.29 is 9.52 Å². The maximum Gasteiger partial charge on any atom is 0.318 e. The van der Waals surface area contributed by atoms with Crippen LogP contribution < -0.4 is 10.6 Å². The van der Waals surface area contributed by atoms with Crippen molar-refractivity contribution in [2.75, 3.05) is 24.6 Å². The number of aromatic nitrogens is 2. The fourth-order valence-corrected chi connectivity index (χ4v) is 1.86. The molecule has 0 spiro atoms. The molecule has 1 aliphatic heterocycles. The van der Waals surface area contributed by atoms with E-state index in [0.29, 0.717) is 24.9 Å². The molecular formula is C9H16N4O2. The van der Waals surface area contributed by atoms with Crippen LogP contribution in [0.5, 0.6) is 0 Å². The zero-order chi connectivity index (χ0) is 10.7. The number of aliphatic hydroxyl groups is 1. The average Bonchev–Trinajstić information content (AvgIpc) is 2.84. The van der Waals surface area contributed by atoms with E-state index in [4.69, 9.17) is 15.3 Å². The molecular weight excluding hydrogens is 196 g/mol. The van der Waals surface area contributed by atoms with E-state index in [1.54, 1.807) is 0 Å². The molecule has 1 fully saturated rings. The summed E-state index contributed by atoms with van der Waals surface area (Å²) in [6.07, 6.45) is 2.63. The molecule has 0 bridgehead atoms. The first-order valence-corrected chi connectivity index (χ1v) is 5.25. The van der Waals surface area contributed by atoms with Gasteiger partial charge in [0, 0.05) is 19.5 Å². The van der Waals surface area contributed by atoms with Gasteiger partial charge in [-0.15, -0.1) is 5.10 Å². The Balaban J connectivity index is 2.07. The minimum atomic E-state index is 0.121. The first-order chi connectivity index (χ1) is 7.35. The van der Waals surface area contributed by atoms with Crippen LogP contribution in [0.1, 0.15) is 18.7 Å². The van der Waals surface area contributed by atoms with E-state index in [1.165, 1.54) is 0 Å². The second-order valence-corrected chi connectivity index (χ2v) is 3.69. The molecule has 15 heavy (non-hydrogen) atoms. The van der Waals surface area contributed by atoms with Crippen LogP contribution in [0.3, 0.4) is 0 Å². The molecule has 1 atom stereocenters. The molecule has 3 N–H and O–H groups in total. The summed E-state index contributed by atoms with van der Waals surface area (Å²) in [6.45, 7) is 1.51. The smallest absolute Gasteiger partial charge is 0.318 e. The van der Waals surface area contributed by atoms with E-state index in [0.717, 1.165) is 19.4 Å². The van der Waals surface area contributed by atoms with Gasteiger partial charge in [-0.1, -0.05) is 5.10 Å². The summed E-state index contributed by atoms with van der Waals surface area (Å²) in [5.74, 6) is 0.566. The highest BCUT2D eigenvalue weighted by atomic mass is 16.4. The Bertz CT molecular complexity index is 315. The van der Waals surface area contributed by atoms with E-state index in [-0.39, 0.29) is 12.6 Å². The van der Waals surface area contributed by atoms with Crippen LogP contribution in [-0.2, 0) is 6.42 Å². The Morgan fingerprint density at radius 3 is 3.13 bits per heavy atom. The number of anilines is 1. The van der Waals surface area contributed by atoms with Gasteiger partial charge in [0.15, 0.2) is 0 Å². The summed E-state index contributed by atoms with van der Waals surface area (Å²) in [5, 5.41) is 17.0. The van der Waals surface area contributed by atoms with Crippen LogP contribution in [0.2, 0.25) is 0 Å². The van der Waals surface area contributed by atoms with Crippen molar-refractivity contribution in [2.24, 2.45) is 5.73 Å². The van der Waals surface area contributed by atoms with Crippen molar-refractivity contribution in [3.8, 4) is 0 Å². The van der Waals surface area contributed by atoms with Gasteiger partial charge in [0.25, 0.3) is 0 Å². The first kappa shape index (κ1) is 10.4. The number of aliphatic hydroxyl groups excluding tert-OH is 1. The number of hydrogen-bond acceptors (Lipinski definition) is 6. The van der Waals surface area contributed by atoms with Crippen LogP contribution in [0.25, 0.3) is 0 Å². The molecule has 2 heterocycles. The van der Waals surface area contributed by atoms with Crippen LogP contribution in [0.4, 0.5) is 6.01 Å². The highest BCUT2D eigenvalue weighted by Crippen LogP contribution is 2.23. The fourth-order valence-electron chi connectivity index (χ4n) is 1.86. The molecule has 0 saturated carbocycles. The number of rotatable bonds is 4. The highest BCUT2D eigenvalue weighted by molar-refractivity contribution is 5.28. The van der Waals surface area contributed by atoms with E-state index in [9.17, 15) is 0 Å². The molecule has 0 aliphatic carbocycles. The molecule has 2 rings (SSSR count). The molecule has 1 unspecified atom stereocenters. The lowest BCUT2D eigenvalue weighted by atomic mass is 10.2. The van der Waals surface area contributed by atoms with Gasteiger partial charge in [0.05, 0.1) is 12.6 Å². The average molecular weight is 212 g/mol. The van der Waals surface area contributed by atoms with Gasteiger partial charge in [-0.2, -0.15) is 0 Å². The summed E-state index contributed by atoms with van der Waals surface area (Å²) in [6, 6.07) is 0.631. The van der Waals surface area contributed by atoms with Gasteiger partial charge < -0.3 is 20.2 Å². The molecule has 1 saturated heterocycles. The fraction of sp³-hybridized carbons (Fsp3) is 0.778. The summed E-state index contributed by atoms with van der Waals surface area (Å²) in [5.41, 5.74) is 5.40. The quantitative estimate of drug-likeness (QED) is 0.701. The normalized spacial score (nSPS) is 21.2. The summed E-state index contributed by atoms with van der Waals surface area (Å²) >= 11 is 0. The lowest BCUT2D eigenvalue weighted by Gasteiger charge is -2.19. The Hall–Kier alpha value is -1.14. The van der Waals surface area contributed by atoms with Crippen molar-refractivity contribution in [3.05, 3.63) is 5.89 Å². The Morgan fingerprint density at radius 1 is 1.53 bits per heavy atom. The minimum Gasteiger partial charge on any atom is -0.408 e. The molecule has 1 aromatic heterocycles. The van der Waals surface area contributed by atoms with E-state index in [1.807, 2.05) is 4.90 Å². The third-order valence-corrected chi connectivity index (χ3v) is 2.65. The summed E-state index contributed by atoms with van der Waals surface area (Å²) in [4.78, 5) is 1.97. The lowest BCUT2D eigenvalue weighted by molar-refractivity contribution is 0.262. The van der Waals surface area contributed by atoms with E-state index < -0.39 is 0 Å². The minimum absolute atomic E-state index is 0.121. The zero-order valence-electron chi connectivity index (χ0n) is 8.59. The SMILES string of the molecule is NCCc1nnc(N2CCCC2CO)o1. The van der Waals surface area contributed by atoms with Crippen LogP contribution in [0, 0.1) is 0 Å². The highest BCUT2D eigenvalue weighted by Gasteiger charge is 2.27. The van der Waals surface area contributed by atoms with Crippen LogP contribution in [-0.4, -0.2) is 41.0 Å². The third kappa shape index (κ3) is 2.10. The molecule has 0 radical (unpaired) electrons. The standard InChI is InChI=1S/C9H16N4O2/c10-4-3-8-11-12-9(15-8)13-5-1-2-7(13)6-14/h7,14H,1-6,10H2. The Kier molecular flexibility index (Phi) is 3.17. The summed E-state index contributed by atoms with van der Waals surface area (Å²) < 4.78 is 5.45. The summed E-state index contributed by atoms with van der Waals surface area (Å²) in [7, 11) is 0. The molecule has 0 amide bonds. The predicted octanol–water partition coefficient (Wildman–Crippen LogP) is -0.468. The second-order valence-electron chi connectivity index (χ2n) is 3.69. The number of hydrogen-bond donors (Lipinski definition) is 2. The van der Waals surface area contributed by atoms with Crippen molar-refractivity contribution >= 4 is 6.01 Å². The molecule has 0 aromatic carbocycles. The topological polar surface area (TPSA) is 88.4 Å². The van der Waals surface area contributed by atoms with Crippen molar-refractivity contribution in [2.45, 2.75) is 25.3 Å². The molecule has 6 heteroatoms.